The smallest absolute Gasteiger partial charge is 0.251 e. The first kappa shape index (κ1) is 29.0. The number of aliphatic hydroxyl groups is 3. The molecule has 5 atom stereocenters. The third-order valence-corrected chi connectivity index (χ3v) is 10.7. The van der Waals surface area contributed by atoms with Gasteiger partial charge in [0.2, 0.25) is 0 Å². The molecule has 1 fully saturated rings. The second-order valence-corrected chi connectivity index (χ2v) is 13.3. The second kappa shape index (κ2) is 10.5. The zero-order chi connectivity index (χ0) is 30.1. The first-order valence-corrected chi connectivity index (χ1v) is 15.3. The van der Waals surface area contributed by atoms with Crippen molar-refractivity contribution in [1.82, 2.24) is 9.80 Å². The number of fused-ring (bicyclic) bond motifs is 3. The highest BCUT2D eigenvalue weighted by atomic mass is 16.3. The molecule has 4 unspecified atom stereocenters. The number of Topliss-reactive ketones (excluding diaryl/α,β-unsaturated/α-hetero) is 1. The number of phenolic OH excluding ortho intramolecular Hbond substituents is 1. The molecule has 9 nitrogen and oxygen atoms in total. The number of benzene rings is 1. The van der Waals surface area contributed by atoms with Crippen LogP contribution in [0.5, 0.6) is 5.75 Å². The van der Waals surface area contributed by atoms with E-state index >= 15 is 0 Å². The number of nitrogens with two attached hydrogens (primary N) is 1. The number of allylic oxidation sites excluding steroid dienone is 1. The van der Waals surface area contributed by atoms with Gasteiger partial charge >= 0.3 is 0 Å². The summed E-state index contributed by atoms with van der Waals surface area (Å²) in [5.74, 6) is -4.04. The van der Waals surface area contributed by atoms with Crippen molar-refractivity contribution >= 4 is 17.3 Å². The fourth-order valence-corrected chi connectivity index (χ4v) is 8.90. The van der Waals surface area contributed by atoms with Gasteiger partial charge in [0.05, 0.1) is 23.1 Å². The Morgan fingerprint density at radius 3 is 2.43 bits per heavy atom. The number of likely N-dealkylation sites (N-methyl/N-ethyl adjacent to an activating group) is 1. The van der Waals surface area contributed by atoms with Crippen molar-refractivity contribution in [3.63, 3.8) is 0 Å². The Balaban J connectivity index is 1.40. The first-order valence-electron chi connectivity index (χ1n) is 15.3. The molecule has 0 saturated heterocycles. The maximum absolute atomic E-state index is 14.1. The van der Waals surface area contributed by atoms with E-state index in [2.05, 4.69) is 11.0 Å². The van der Waals surface area contributed by atoms with E-state index in [9.17, 15) is 30.0 Å². The minimum absolute atomic E-state index is 0.128. The highest BCUT2D eigenvalue weighted by Gasteiger charge is 2.59. The molecule has 0 radical (unpaired) electrons. The summed E-state index contributed by atoms with van der Waals surface area (Å²) in [4.78, 5) is 30.8. The first-order chi connectivity index (χ1) is 19.9. The number of ketones is 1. The van der Waals surface area contributed by atoms with Crippen molar-refractivity contribution in [3.8, 4) is 5.75 Å². The van der Waals surface area contributed by atoms with E-state index in [0.717, 1.165) is 30.6 Å². The van der Waals surface area contributed by atoms with Gasteiger partial charge in [0.1, 0.15) is 22.9 Å². The molecule has 0 aromatic heterocycles. The van der Waals surface area contributed by atoms with Gasteiger partial charge in [-0.2, -0.15) is 0 Å². The van der Waals surface area contributed by atoms with Crippen LogP contribution in [0.4, 0.5) is 0 Å². The number of rotatable bonds is 4. The number of primary amides is 1. The van der Waals surface area contributed by atoms with Crippen LogP contribution in [0.25, 0.3) is 5.57 Å². The number of amides is 1. The van der Waals surface area contributed by atoms with Crippen molar-refractivity contribution < 1.29 is 30.0 Å². The highest BCUT2D eigenvalue weighted by molar-refractivity contribution is 6.14. The lowest BCUT2D eigenvalue weighted by molar-refractivity contribution is -0.120. The zero-order valence-electron chi connectivity index (χ0n) is 24.8. The Bertz CT molecular complexity index is 1420. The third kappa shape index (κ3) is 4.39. The summed E-state index contributed by atoms with van der Waals surface area (Å²) in [5.41, 5.74) is 6.57. The molecule has 42 heavy (non-hydrogen) atoms. The maximum Gasteiger partial charge on any atom is 0.251 e. The van der Waals surface area contributed by atoms with Crippen LogP contribution in [0.15, 0.2) is 40.9 Å². The summed E-state index contributed by atoms with van der Waals surface area (Å²) in [7, 11) is 3.52. The highest BCUT2D eigenvalue weighted by Crippen LogP contribution is 2.55. The SMILES string of the molecule is CN(C)[C@@H]1C(O)=C(C(N)=O)C(C)(O)C2C(O)=C3C(=O)c4c(O)ccc(C5=CCN(C6CCCCC6)CC5)c4CC3CC21. The molecular weight excluding hydrogens is 534 g/mol. The molecule has 6 rings (SSSR count). The number of hydrogen-bond donors (Lipinski definition) is 5. The number of nitrogens with zero attached hydrogens (tertiary/aromatic N) is 2. The second-order valence-electron chi connectivity index (χ2n) is 13.3. The van der Waals surface area contributed by atoms with Gasteiger partial charge in [-0.25, -0.2) is 0 Å². The maximum atomic E-state index is 14.1. The summed E-state index contributed by atoms with van der Waals surface area (Å²) < 4.78 is 0. The Labute approximate surface area is 247 Å². The van der Waals surface area contributed by atoms with Crippen LogP contribution in [0, 0.1) is 17.8 Å². The molecule has 1 aromatic rings. The Morgan fingerprint density at radius 1 is 1.10 bits per heavy atom. The van der Waals surface area contributed by atoms with Crippen molar-refractivity contribution in [2.24, 2.45) is 23.5 Å². The molecule has 1 saturated carbocycles. The predicted molar refractivity (Wildman–Crippen MR) is 159 cm³/mol. The average molecular weight is 578 g/mol. The summed E-state index contributed by atoms with van der Waals surface area (Å²) in [6.07, 6.45) is 10.4. The van der Waals surface area contributed by atoms with Crippen molar-refractivity contribution in [1.29, 1.82) is 0 Å². The van der Waals surface area contributed by atoms with E-state index in [0.29, 0.717) is 18.9 Å². The molecule has 1 aromatic carbocycles. The van der Waals surface area contributed by atoms with E-state index in [1.807, 2.05) is 6.07 Å². The number of hydrogen-bond acceptors (Lipinski definition) is 8. The van der Waals surface area contributed by atoms with Crippen LogP contribution in [0.2, 0.25) is 0 Å². The number of aliphatic hydroxyl groups excluding tert-OH is 2. The molecule has 1 aliphatic heterocycles. The van der Waals surface area contributed by atoms with Crippen LogP contribution in [-0.4, -0.2) is 86.8 Å². The molecule has 4 aliphatic carbocycles. The van der Waals surface area contributed by atoms with E-state index in [1.54, 1.807) is 25.1 Å². The Hall–Kier alpha value is -3.14. The molecule has 0 bridgehead atoms. The van der Waals surface area contributed by atoms with Crippen LogP contribution >= 0.6 is 0 Å². The van der Waals surface area contributed by atoms with E-state index < -0.39 is 35.2 Å². The summed E-state index contributed by atoms with van der Waals surface area (Å²) in [6, 6.07) is 3.42. The average Bonchev–Trinajstić information content (AvgIpc) is 2.92. The molecule has 1 heterocycles. The summed E-state index contributed by atoms with van der Waals surface area (Å²) >= 11 is 0. The van der Waals surface area contributed by atoms with Gasteiger partial charge in [-0.1, -0.05) is 31.4 Å². The van der Waals surface area contributed by atoms with Gasteiger partial charge in [-0.05, 0) is 87.7 Å². The van der Waals surface area contributed by atoms with Crippen LogP contribution in [0.3, 0.4) is 0 Å². The van der Waals surface area contributed by atoms with Gasteiger partial charge in [-0.15, -0.1) is 0 Å². The van der Waals surface area contributed by atoms with Gasteiger partial charge in [0, 0.05) is 24.7 Å². The van der Waals surface area contributed by atoms with Crippen molar-refractivity contribution in [2.75, 3.05) is 27.2 Å². The Morgan fingerprint density at radius 2 is 1.81 bits per heavy atom. The predicted octanol–water partition coefficient (Wildman–Crippen LogP) is 3.61. The van der Waals surface area contributed by atoms with Gasteiger partial charge in [0.25, 0.3) is 5.91 Å². The normalized spacial score (nSPS) is 32.4. The monoisotopic (exact) mass is 577 g/mol. The largest absolute Gasteiger partial charge is 0.511 e. The number of phenols is 1. The fourth-order valence-electron chi connectivity index (χ4n) is 8.90. The lowest BCUT2D eigenvalue weighted by atomic mass is 9.56. The van der Waals surface area contributed by atoms with Crippen LogP contribution in [0.1, 0.15) is 73.4 Å². The molecule has 9 heteroatoms. The molecule has 0 spiro atoms. The zero-order valence-corrected chi connectivity index (χ0v) is 24.8. The van der Waals surface area contributed by atoms with Crippen LogP contribution in [-0.2, 0) is 11.2 Å². The minimum atomic E-state index is -1.99. The summed E-state index contributed by atoms with van der Waals surface area (Å²) in [6.45, 7) is 3.19. The fraction of sp³-hybridized carbons (Fsp3) is 0.576. The van der Waals surface area contributed by atoms with E-state index in [4.69, 9.17) is 5.73 Å². The standard InChI is InChI=1S/C33H43N3O6/c1-33(42)26-22(28(35(2)3)31(40)27(33)32(34)41)16-18-15-21-20(9-10-23(37)25(21)29(38)24(18)30(26)39)17-11-13-36(14-12-17)19-7-5-4-6-8-19/h9-11,18-19,22,26,28,37,39-40,42H,4-8,12-16H2,1-3H3,(H2,34,41)/t18?,22?,26?,28-,33?/m0/s1. The van der Waals surface area contributed by atoms with Crippen molar-refractivity contribution in [2.45, 2.75) is 76.0 Å². The summed E-state index contributed by atoms with van der Waals surface area (Å²) in [5, 5.41) is 45.4. The third-order valence-electron chi connectivity index (χ3n) is 10.7. The van der Waals surface area contributed by atoms with Gasteiger partial charge < -0.3 is 26.2 Å². The number of carbonyl (C=O) groups is 2. The molecule has 6 N–H and O–H groups in total. The molecule has 5 aliphatic rings. The topological polar surface area (TPSA) is 148 Å². The van der Waals surface area contributed by atoms with Crippen molar-refractivity contribution in [3.05, 3.63) is 57.6 Å². The molecule has 1 amide bonds. The number of carbonyl (C=O) groups excluding carboxylic acids is 2. The van der Waals surface area contributed by atoms with Crippen LogP contribution < -0.4 is 5.73 Å². The minimum Gasteiger partial charge on any atom is -0.511 e. The lowest BCUT2D eigenvalue weighted by Crippen LogP contribution is -2.59. The van der Waals surface area contributed by atoms with E-state index in [-0.39, 0.29) is 39.9 Å². The quantitative estimate of drug-likeness (QED) is 0.365. The van der Waals surface area contributed by atoms with Gasteiger partial charge in [-0.3, -0.25) is 19.4 Å². The molecular formula is C33H43N3O6. The molecule has 226 valence electrons. The number of aromatic hydroxyl groups is 1. The Kier molecular flexibility index (Phi) is 7.27. The van der Waals surface area contributed by atoms with E-state index in [1.165, 1.54) is 44.6 Å². The van der Waals surface area contributed by atoms with Gasteiger partial charge in [0.15, 0.2) is 5.78 Å². The lowest BCUT2D eigenvalue weighted by Gasteiger charge is -2.52.